The van der Waals surface area contributed by atoms with Crippen LogP contribution in [-0.2, 0) is 11.2 Å². The lowest BCUT2D eigenvalue weighted by atomic mass is 10.0. The van der Waals surface area contributed by atoms with Crippen LogP contribution in [0.4, 0.5) is 11.5 Å². The van der Waals surface area contributed by atoms with Gasteiger partial charge in [-0.25, -0.2) is 4.98 Å². The Morgan fingerprint density at radius 1 is 1.14 bits per heavy atom. The molecule has 146 valence electrons. The van der Waals surface area contributed by atoms with E-state index in [1.165, 1.54) is 11.0 Å². The zero-order valence-electron chi connectivity index (χ0n) is 16.2. The van der Waals surface area contributed by atoms with E-state index in [0.717, 1.165) is 68.8 Å². The number of likely N-dealkylation sites (tertiary alicyclic amines) is 1. The highest BCUT2D eigenvalue weighted by atomic mass is 16.2. The van der Waals surface area contributed by atoms with Crippen LogP contribution in [0, 0.1) is 0 Å². The van der Waals surface area contributed by atoms with Crippen molar-refractivity contribution in [1.29, 1.82) is 0 Å². The first kappa shape index (κ1) is 18.4. The molecule has 2 aliphatic heterocycles. The number of aryl methyl sites for hydroxylation is 1. The van der Waals surface area contributed by atoms with Crippen LogP contribution in [0.1, 0.15) is 41.6 Å². The fourth-order valence-electron chi connectivity index (χ4n) is 4.04. The highest BCUT2D eigenvalue weighted by molar-refractivity contribution is 5.94. The van der Waals surface area contributed by atoms with Gasteiger partial charge in [-0.05, 0) is 49.8 Å². The van der Waals surface area contributed by atoms with Gasteiger partial charge >= 0.3 is 0 Å². The summed E-state index contributed by atoms with van der Waals surface area (Å²) in [4.78, 5) is 36.9. The van der Waals surface area contributed by atoms with Crippen molar-refractivity contribution in [3.63, 3.8) is 0 Å². The number of piperidine rings is 1. The van der Waals surface area contributed by atoms with Crippen molar-refractivity contribution < 1.29 is 9.59 Å². The van der Waals surface area contributed by atoms with Crippen molar-refractivity contribution in [2.24, 2.45) is 4.99 Å². The highest BCUT2D eigenvalue weighted by Gasteiger charge is 2.24. The summed E-state index contributed by atoms with van der Waals surface area (Å²) in [5.74, 6) is 0.971. The molecule has 1 saturated heterocycles. The molecule has 2 aliphatic rings. The minimum Gasteiger partial charge on any atom is -0.339 e. The number of amides is 1. The SMILES string of the molecule is CN=c1cc(N2CCCc3cc(C(=O)N4CCCCC4)cnc32)ccn1C=O. The number of aromatic nitrogens is 2. The van der Waals surface area contributed by atoms with E-state index in [-0.39, 0.29) is 5.91 Å². The summed E-state index contributed by atoms with van der Waals surface area (Å²) in [5, 5.41) is 0. The molecular formula is C21H25N5O2. The molecule has 0 bridgehead atoms. The quantitative estimate of drug-likeness (QED) is 0.767. The van der Waals surface area contributed by atoms with Crippen LogP contribution in [0.5, 0.6) is 0 Å². The lowest BCUT2D eigenvalue weighted by Gasteiger charge is -2.31. The van der Waals surface area contributed by atoms with Gasteiger partial charge in [0.1, 0.15) is 11.3 Å². The Kier molecular flexibility index (Phi) is 5.23. The number of carbonyl (C=O) groups is 2. The molecule has 28 heavy (non-hydrogen) atoms. The zero-order chi connectivity index (χ0) is 19.5. The first-order valence-electron chi connectivity index (χ1n) is 9.87. The maximum atomic E-state index is 12.8. The molecule has 2 aromatic heterocycles. The van der Waals surface area contributed by atoms with E-state index < -0.39 is 0 Å². The summed E-state index contributed by atoms with van der Waals surface area (Å²) in [5.41, 5.74) is 3.31. The fourth-order valence-corrected chi connectivity index (χ4v) is 4.04. The fraction of sp³-hybridized carbons (Fsp3) is 0.429. The second-order valence-corrected chi connectivity index (χ2v) is 7.29. The highest BCUT2D eigenvalue weighted by Crippen LogP contribution is 2.31. The molecule has 7 nitrogen and oxygen atoms in total. The van der Waals surface area contributed by atoms with E-state index in [0.29, 0.717) is 11.1 Å². The molecule has 0 radical (unpaired) electrons. The van der Waals surface area contributed by atoms with Crippen molar-refractivity contribution in [3.05, 3.63) is 47.2 Å². The Morgan fingerprint density at radius 3 is 2.71 bits per heavy atom. The third-order valence-corrected chi connectivity index (χ3v) is 5.52. The lowest BCUT2D eigenvalue weighted by molar-refractivity contribution is 0.0724. The monoisotopic (exact) mass is 379 g/mol. The van der Waals surface area contributed by atoms with Gasteiger partial charge in [-0.1, -0.05) is 0 Å². The predicted molar refractivity (Wildman–Crippen MR) is 107 cm³/mol. The van der Waals surface area contributed by atoms with Crippen LogP contribution in [0.25, 0.3) is 0 Å². The van der Waals surface area contributed by atoms with Crippen LogP contribution in [0.15, 0.2) is 35.6 Å². The van der Waals surface area contributed by atoms with E-state index in [1.807, 2.05) is 23.1 Å². The van der Waals surface area contributed by atoms with Gasteiger partial charge in [-0.2, -0.15) is 0 Å². The minimum atomic E-state index is 0.0888. The number of nitrogens with zero attached hydrogens (tertiary/aromatic N) is 5. The molecule has 0 saturated carbocycles. The molecule has 4 rings (SSSR count). The van der Waals surface area contributed by atoms with Crippen LogP contribution in [0.2, 0.25) is 0 Å². The Morgan fingerprint density at radius 2 is 1.96 bits per heavy atom. The van der Waals surface area contributed by atoms with Gasteiger partial charge in [0.2, 0.25) is 6.41 Å². The third-order valence-electron chi connectivity index (χ3n) is 5.52. The third kappa shape index (κ3) is 3.44. The molecule has 1 amide bonds. The summed E-state index contributed by atoms with van der Waals surface area (Å²) < 4.78 is 1.45. The van der Waals surface area contributed by atoms with Crippen molar-refractivity contribution in [2.75, 3.05) is 31.6 Å². The van der Waals surface area contributed by atoms with Crippen molar-refractivity contribution in [2.45, 2.75) is 32.1 Å². The number of rotatable bonds is 3. The van der Waals surface area contributed by atoms with E-state index in [4.69, 9.17) is 0 Å². The first-order valence-corrected chi connectivity index (χ1v) is 9.87. The summed E-state index contributed by atoms with van der Waals surface area (Å²) in [6.07, 6.45) is 9.42. The maximum Gasteiger partial charge on any atom is 0.255 e. The molecule has 7 heteroatoms. The first-order chi connectivity index (χ1) is 13.7. The summed E-state index contributed by atoms with van der Waals surface area (Å²) >= 11 is 0. The van der Waals surface area contributed by atoms with Crippen LogP contribution < -0.4 is 10.4 Å². The largest absolute Gasteiger partial charge is 0.339 e. The van der Waals surface area contributed by atoms with E-state index >= 15 is 0 Å². The number of fused-ring (bicyclic) bond motifs is 1. The molecule has 2 aromatic rings. The Balaban J connectivity index is 1.65. The van der Waals surface area contributed by atoms with E-state index in [2.05, 4.69) is 14.9 Å². The van der Waals surface area contributed by atoms with Gasteiger partial charge < -0.3 is 9.80 Å². The Bertz CT molecular complexity index is 960. The summed E-state index contributed by atoms with van der Waals surface area (Å²) in [7, 11) is 1.67. The zero-order valence-corrected chi connectivity index (χ0v) is 16.2. The smallest absolute Gasteiger partial charge is 0.255 e. The van der Waals surface area contributed by atoms with Gasteiger partial charge in [0, 0.05) is 50.8 Å². The number of carbonyl (C=O) groups excluding carboxylic acids is 2. The van der Waals surface area contributed by atoms with Gasteiger partial charge in [-0.3, -0.25) is 19.1 Å². The van der Waals surface area contributed by atoms with E-state index in [1.54, 1.807) is 19.4 Å². The van der Waals surface area contributed by atoms with Crippen molar-refractivity contribution >= 4 is 23.8 Å². The average molecular weight is 379 g/mol. The maximum absolute atomic E-state index is 12.8. The van der Waals surface area contributed by atoms with Crippen LogP contribution in [-0.4, -0.2) is 53.5 Å². The van der Waals surface area contributed by atoms with Crippen LogP contribution >= 0.6 is 0 Å². The van der Waals surface area contributed by atoms with Gasteiger partial charge in [0.05, 0.1) is 5.56 Å². The van der Waals surface area contributed by atoms with Crippen LogP contribution in [0.3, 0.4) is 0 Å². The predicted octanol–water partition coefficient (Wildman–Crippen LogP) is 2.16. The molecule has 0 aliphatic carbocycles. The Hall–Kier alpha value is -2.96. The van der Waals surface area contributed by atoms with Gasteiger partial charge in [0.15, 0.2) is 0 Å². The molecule has 0 atom stereocenters. The Labute approximate surface area is 164 Å². The number of pyridine rings is 2. The molecule has 4 heterocycles. The second kappa shape index (κ2) is 7.96. The molecule has 0 unspecified atom stereocenters. The average Bonchev–Trinajstić information content (AvgIpc) is 2.77. The van der Waals surface area contributed by atoms with Gasteiger partial charge in [-0.15, -0.1) is 0 Å². The number of hydrogen-bond acceptors (Lipinski definition) is 5. The molecule has 0 spiro atoms. The van der Waals surface area contributed by atoms with Crippen molar-refractivity contribution in [3.8, 4) is 0 Å². The molecular weight excluding hydrogens is 354 g/mol. The minimum absolute atomic E-state index is 0.0888. The molecule has 0 N–H and O–H groups in total. The number of hydrogen-bond donors (Lipinski definition) is 0. The van der Waals surface area contributed by atoms with E-state index in [9.17, 15) is 9.59 Å². The van der Waals surface area contributed by atoms with Crippen molar-refractivity contribution in [1.82, 2.24) is 14.5 Å². The summed E-state index contributed by atoms with van der Waals surface area (Å²) in [6.45, 7) is 2.52. The molecule has 1 fully saturated rings. The topological polar surface area (TPSA) is 70.8 Å². The second-order valence-electron chi connectivity index (χ2n) is 7.29. The van der Waals surface area contributed by atoms with Gasteiger partial charge in [0.25, 0.3) is 5.91 Å². The number of anilines is 2. The summed E-state index contributed by atoms with van der Waals surface area (Å²) in [6, 6.07) is 5.79. The standard InChI is InChI=1S/C21H25N5O2/c1-22-19-13-18(7-11-25(19)15-27)26-10-5-6-16-12-17(14-23-20(16)26)21(28)24-8-3-2-4-9-24/h7,11-15H,2-6,8-10H2,1H3. The lowest BCUT2D eigenvalue weighted by Crippen LogP contribution is -2.36. The normalized spacial score (nSPS) is 17.4. The molecule has 0 aromatic carbocycles.